The Morgan fingerprint density at radius 2 is 0.614 bits per heavy atom. The summed E-state index contributed by atoms with van der Waals surface area (Å²) in [6.45, 7) is 21.3. The highest BCUT2D eigenvalue weighted by Crippen LogP contribution is 2.52. The zero-order valence-electron chi connectivity index (χ0n) is 58.7. The van der Waals surface area contributed by atoms with E-state index in [2.05, 4.69) is 191 Å². The molecule has 0 saturated carbocycles. The predicted octanol–water partition coefficient (Wildman–Crippen LogP) is 25.1. The minimum Gasteiger partial charge on any atom is -0.505 e. The van der Waals surface area contributed by atoms with Gasteiger partial charge in [0.1, 0.15) is 23.0 Å². The van der Waals surface area contributed by atoms with Crippen LogP contribution < -0.4 is 9.47 Å². The smallest absolute Gasteiger partial charge is 0.170 e. The van der Waals surface area contributed by atoms with Crippen LogP contribution in [-0.2, 0) is 10.8 Å². The van der Waals surface area contributed by atoms with Crippen molar-refractivity contribution in [1.82, 2.24) is 9.13 Å². The van der Waals surface area contributed by atoms with Crippen molar-refractivity contribution >= 4 is 43.6 Å². The van der Waals surface area contributed by atoms with Crippen molar-refractivity contribution in [1.29, 1.82) is 0 Å². The second kappa shape index (κ2) is 26.4. The van der Waals surface area contributed by atoms with Crippen LogP contribution in [-0.4, -0.2) is 32.6 Å². The summed E-state index contributed by atoms with van der Waals surface area (Å²) in [4.78, 5) is 0. The number of phenols is 2. The Morgan fingerprint density at radius 1 is 0.327 bits per heavy atom. The molecule has 6 nitrogen and oxygen atoms in total. The number of halogens is 4. The van der Waals surface area contributed by atoms with Crippen molar-refractivity contribution in [2.45, 2.75) is 99.3 Å². The molecule has 14 aromatic rings. The molecular weight excluding hydrogens is 1260 g/mol. The fourth-order valence-corrected chi connectivity index (χ4v) is 15.6. The number of benzene rings is 12. The maximum absolute atomic E-state index is 17.3. The van der Waals surface area contributed by atoms with Gasteiger partial charge in [0.15, 0.2) is 23.3 Å². The molecule has 2 N–H and O–H groups in total. The van der Waals surface area contributed by atoms with Crippen molar-refractivity contribution in [3.8, 4) is 101 Å². The fourth-order valence-electron chi connectivity index (χ4n) is 15.6. The third kappa shape index (κ3) is 13.1. The van der Waals surface area contributed by atoms with Gasteiger partial charge < -0.3 is 28.8 Å². The van der Waals surface area contributed by atoms with E-state index in [1.807, 2.05) is 94.1 Å². The first-order valence-corrected chi connectivity index (χ1v) is 34.7. The third-order valence-corrected chi connectivity index (χ3v) is 19.6. The van der Waals surface area contributed by atoms with Crippen LogP contribution in [0.5, 0.6) is 23.0 Å². The van der Waals surface area contributed by atoms with E-state index in [1.54, 1.807) is 12.1 Å². The highest BCUT2D eigenvalue weighted by molar-refractivity contribution is 6.13. The first-order chi connectivity index (χ1) is 48.3. The topological polar surface area (TPSA) is 68.8 Å². The zero-order chi connectivity index (χ0) is 70.9. The maximum Gasteiger partial charge on any atom is 0.170 e. The Balaban J connectivity index is 0.843. The lowest BCUT2D eigenvalue weighted by molar-refractivity contribution is 0.247. The van der Waals surface area contributed by atoms with Crippen molar-refractivity contribution in [2.24, 2.45) is 10.8 Å². The molecule has 0 aliphatic carbocycles. The van der Waals surface area contributed by atoms with Crippen molar-refractivity contribution < 1.29 is 37.2 Å². The van der Waals surface area contributed by atoms with Gasteiger partial charge in [0, 0.05) is 39.1 Å². The van der Waals surface area contributed by atoms with Gasteiger partial charge in [-0.15, -0.1) is 0 Å². The fraction of sp³-hybridized carbons (Fsp3) is 0.209. The lowest BCUT2D eigenvalue weighted by Crippen LogP contribution is -2.25. The standard InChI is InChI=1S/C91H82F4N2O4/c1-88(2,3)54-90(7,8)64-50-70(86(98)78(52-64)96-74-38-32-60(56-24-15-11-16-25-56)46-66(74)67-47-61(33-39-75(67)96)57-26-17-12-18-27-57)82-80(42-36-72(92)84(82)94)100-44-23-45-101-81-43-37-73(93)85(95)83(81)71-51-65(91(9,10)55-89(4,5)6)53-79(87(71)99)97-76-40-34-62(58-28-19-13-20-29-58)48-68(76)69-49-63(35-41-77(69)97)59-30-21-14-22-31-59/h11-22,24-43,46-53,98-99H,23,44-45,54-55H2,1-10H3. The van der Waals surface area contributed by atoms with Gasteiger partial charge in [-0.1, -0.05) is 215 Å². The lowest BCUT2D eigenvalue weighted by Gasteiger charge is -2.34. The van der Waals surface area contributed by atoms with E-state index in [0.717, 1.165) is 111 Å². The maximum atomic E-state index is 17.3. The summed E-state index contributed by atoms with van der Waals surface area (Å²) in [5, 5.41) is 29.9. The summed E-state index contributed by atoms with van der Waals surface area (Å²) in [5.41, 5.74) is 11.8. The molecule has 2 aromatic heterocycles. The van der Waals surface area contributed by atoms with Crippen LogP contribution in [0, 0.1) is 34.1 Å². The predicted molar refractivity (Wildman–Crippen MR) is 407 cm³/mol. The average Bonchev–Trinajstić information content (AvgIpc) is 1.62. The number of nitrogens with zero attached hydrogens (tertiary/aromatic N) is 2. The Bertz CT molecular complexity index is 4940. The highest BCUT2D eigenvalue weighted by Gasteiger charge is 2.35. The number of fused-ring (bicyclic) bond motifs is 6. The third-order valence-electron chi connectivity index (χ3n) is 19.6. The summed E-state index contributed by atoms with van der Waals surface area (Å²) in [6.07, 6.45) is 1.51. The van der Waals surface area contributed by atoms with E-state index in [0.29, 0.717) is 24.2 Å². The molecule has 0 aliphatic heterocycles. The van der Waals surface area contributed by atoms with E-state index in [9.17, 15) is 10.2 Å². The quantitative estimate of drug-likeness (QED) is 0.0664. The molecule has 0 radical (unpaired) electrons. The highest BCUT2D eigenvalue weighted by atomic mass is 19.2. The van der Waals surface area contributed by atoms with Gasteiger partial charge >= 0.3 is 0 Å². The molecule has 0 saturated heterocycles. The molecule has 10 heteroatoms. The van der Waals surface area contributed by atoms with Gasteiger partial charge in [0.2, 0.25) is 0 Å². The minimum absolute atomic E-state index is 0.0311. The largest absolute Gasteiger partial charge is 0.505 e. The van der Waals surface area contributed by atoms with Crippen LogP contribution in [0.3, 0.4) is 0 Å². The minimum atomic E-state index is -1.21. The number of aromatic hydroxyl groups is 2. The van der Waals surface area contributed by atoms with Crippen molar-refractivity contribution in [3.05, 3.63) is 277 Å². The number of ether oxygens (including phenoxy) is 2. The summed E-state index contributed by atoms with van der Waals surface area (Å²) in [5.74, 6) is -5.31. The van der Waals surface area contributed by atoms with Crippen molar-refractivity contribution in [3.63, 3.8) is 0 Å². The Morgan fingerprint density at radius 3 is 0.891 bits per heavy atom. The number of hydrogen-bond acceptors (Lipinski definition) is 4. The molecule has 508 valence electrons. The summed E-state index contributed by atoms with van der Waals surface area (Å²) >= 11 is 0. The first kappa shape index (κ1) is 67.3. The van der Waals surface area contributed by atoms with Gasteiger partial charge in [0.25, 0.3) is 0 Å². The number of rotatable bonds is 18. The van der Waals surface area contributed by atoms with Crippen LogP contribution in [0.4, 0.5) is 17.6 Å². The molecule has 101 heavy (non-hydrogen) atoms. The molecule has 0 bridgehead atoms. The first-order valence-electron chi connectivity index (χ1n) is 34.7. The number of aromatic nitrogens is 2. The van der Waals surface area contributed by atoms with E-state index in [4.69, 9.17) is 9.47 Å². The van der Waals surface area contributed by atoms with Gasteiger partial charge in [0.05, 0.1) is 57.8 Å². The molecular formula is C91H82F4N2O4. The van der Waals surface area contributed by atoms with Gasteiger partial charge in [-0.2, -0.15) is 0 Å². The molecule has 0 spiro atoms. The molecule has 14 rings (SSSR count). The molecule has 0 unspecified atom stereocenters. The second-order valence-electron chi connectivity index (χ2n) is 30.6. The van der Waals surface area contributed by atoms with Crippen molar-refractivity contribution in [2.75, 3.05) is 13.2 Å². The Kier molecular flexibility index (Phi) is 17.6. The van der Waals surface area contributed by atoms with Crippen LogP contribution in [0.1, 0.15) is 99.6 Å². The summed E-state index contributed by atoms with van der Waals surface area (Å²) < 4.78 is 83.7. The SMILES string of the molecule is CC(C)(C)CC(C)(C)c1cc(-c2c(OCCCOc3ccc(F)c(F)c3-c3cc(C(C)(C)CC(C)(C)C)cc(-n4c5ccc(-c6ccccc6)cc5c5cc(-c6ccccc6)ccc54)c3O)ccc(F)c2F)c(O)c(-n2c3ccc(-c4ccccc4)cc3c3cc(-c4ccccc4)ccc32)c1. The van der Waals surface area contributed by atoms with Crippen LogP contribution in [0.2, 0.25) is 0 Å². The molecule has 0 atom stereocenters. The monoisotopic (exact) mass is 1340 g/mol. The van der Waals surface area contributed by atoms with Gasteiger partial charge in [-0.3, -0.25) is 0 Å². The number of hydrogen-bond donors (Lipinski definition) is 2. The number of phenolic OH excluding ortho intramolecular Hbond substituents is 2. The van der Waals surface area contributed by atoms with Gasteiger partial charge in [-0.25, -0.2) is 17.6 Å². The van der Waals surface area contributed by atoms with E-state index < -0.39 is 34.1 Å². The van der Waals surface area contributed by atoms with E-state index in [-0.39, 0.29) is 75.7 Å². The zero-order valence-corrected chi connectivity index (χ0v) is 58.7. The van der Waals surface area contributed by atoms with Crippen LogP contribution in [0.15, 0.2) is 243 Å². The van der Waals surface area contributed by atoms with Gasteiger partial charge in [-0.05, 0) is 187 Å². The Labute approximate surface area is 588 Å². The molecule has 0 amide bonds. The average molecular weight is 1340 g/mol. The molecule has 2 heterocycles. The molecule has 0 aliphatic rings. The van der Waals surface area contributed by atoms with E-state index in [1.165, 1.54) is 12.1 Å². The summed E-state index contributed by atoms with van der Waals surface area (Å²) in [7, 11) is 0. The molecule has 12 aromatic carbocycles. The normalized spacial score (nSPS) is 12.3. The summed E-state index contributed by atoms with van der Waals surface area (Å²) in [6, 6.07) is 78.0. The lowest BCUT2D eigenvalue weighted by atomic mass is 9.71. The van der Waals surface area contributed by atoms with Crippen LogP contribution in [0.25, 0.3) is 122 Å². The molecule has 0 fully saturated rings. The van der Waals surface area contributed by atoms with E-state index >= 15 is 17.6 Å². The van der Waals surface area contributed by atoms with Crippen LogP contribution >= 0.6 is 0 Å². The Hall–Kier alpha value is -10.8. The second-order valence-corrected chi connectivity index (χ2v) is 30.6.